The zero-order valence-corrected chi connectivity index (χ0v) is 13.1. The molecule has 0 bridgehead atoms. The Bertz CT molecular complexity index is 514. The number of carboxylic acids is 1. The third-order valence-corrected chi connectivity index (χ3v) is 3.46. The Balaban J connectivity index is 2.79. The van der Waals surface area contributed by atoms with Gasteiger partial charge >= 0.3 is 12.0 Å². The third kappa shape index (κ3) is 4.77. The van der Waals surface area contributed by atoms with Crippen LogP contribution in [0.2, 0.25) is 0 Å². The Hall–Kier alpha value is -2.04. The first-order valence-electron chi connectivity index (χ1n) is 7.21. The molecule has 2 N–H and O–H groups in total. The molecule has 0 spiro atoms. The van der Waals surface area contributed by atoms with Gasteiger partial charge in [-0.3, -0.25) is 4.90 Å². The Kier molecular flexibility index (Phi) is 6.21. The van der Waals surface area contributed by atoms with E-state index in [0.29, 0.717) is 6.42 Å². The van der Waals surface area contributed by atoms with Crippen molar-refractivity contribution >= 4 is 17.7 Å². The van der Waals surface area contributed by atoms with Gasteiger partial charge in [-0.15, -0.1) is 0 Å². The van der Waals surface area contributed by atoms with Crippen LogP contribution >= 0.6 is 0 Å². The number of rotatable bonds is 6. The average molecular weight is 292 g/mol. The van der Waals surface area contributed by atoms with Gasteiger partial charge in [0.25, 0.3) is 0 Å². The number of carboxylic acid groups (broad SMARTS) is 1. The molecule has 0 fully saturated rings. The van der Waals surface area contributed by atoms with Crippen molar-refractivity contribution in [1.82, 2.24) is 5.32 Å². The van der Waals surface area contributed by atoms with Crippen LogP contribution in [0.5, 0.6) is 0 Å². The topological polar surface area (TPSA) is 69.6 Å². The summed E-state index contributed by atoms with van der Waals surface area (Å²) in [5.41, 5.74) is 2.88. The highest BCUT2D eigenvalue weighted by Gasteiger charge is 2.22. The molecule has 0 saturated carbocycles. The van der Waals surface area contributed by atoms with Crippen molar-refractivity contribution < 1.29 is 14.7 Å². The first kappa shape index (κ1) is 17.0. The molecule has 0 radical (unpaired) electrons. The molecule has 0 heterocycles. The van der Waals surface area contributed by atoms with Gasteiger partial charge in [0.2, 0.25) is 0 Å². The van der Waals surface area contributed by atoms with Gasteiger partial charge in [-0.25, -0.2) is 9.59 Å². The molecule has 1 rings (SSSR count). The molecule has 116 valence electrons. The number of carbonyl (C=O) groups is 2. The van der Waals surface area contributed by atoms with E-state index in [1.807, 2.05) is 39.0 Å². The second-order valence-electron chi connectivity index (χ2n) is 5.33. The van der Waals surface area contributed by atoms with Crippen molar-refractivity contribution in [1.29, 1.82) is 0 Å². The van der Waals surface area contributed by atoms with Crippen LogP contribution in [-0.2, 0) is 4.79 Å². The second kappa shape index (κ2) is 7.67. The Morgan fingerprint density at radius 3 is 2.52 bits per heavy atom. The van der Waals surface area contributed by atoms with Gasteiger partial charge in [0, 0.05) is 12.7 Å². The number of unbranched alkanes of at least 4 members (excludes halogenated alkanes) is 1. The summed E-state index contributed by atoms with van der Waals surface area (Å²) in [7, 11) is 1.64. The summed E-state index contributed by atoms with van der Waals surface area (Å²) < 4.78 is 0. The normalized spacial score (nSPS) is 11.8. The number of nitrogens with one attached hydrogen (secondary N) is 1. The minimum absolute atomic E-state index is 0.398. The number of hydrogen-bond donors (Lipinski definition) is 2. The quantitative estimate of drug-likeness (QED) is 0.846. The zero-order chi connectivity index (χ0) is 16.0. The highest BCUT2D eigenvalue weighted by Crippen LogP contribution is 2.20. The lowest BCUT2D eigenvalue weighted by atomic mass is 10.1. The first-order chi connectivity index (χ1) is 9.86. The second-order valence-corrected chi connectivity index (χ2v) is 5.33. The molecule has 0 aliphatic rings. The summed E-state index contributed by atoms with van der Waals surface area (Å²) in [5, 5.41) is 11.7. The fraction of sp³-hybridized carbons (Fsp3) is 0.500. The minimum atomic E-state index is -0.995. The lowest BCUT2D eigenvalue weighted by molar-refractivity contribution is -0.139. The van der Waals surface area contributed by atoms with Crippen LogP contribution in [0.1, 0.15) is 37.3 Å². The van der Waals surface area contributed by atoms with Gasteiger partial charge in [0.15, 0.2) is 0 Å². The van der Waals surface area contributed by atoms with Gasteiger partial charge < -0.3 is 10.4 Å². The number of nitrogens with zero attached hydrogens (tertiary/aromatic N) is 1. The number of hydrogen-bond acceptors (Lipinski definition) is 2. The van der Waals surface area contributed by atoms with Crippen LogP contribution in [0.3, 0.4) is 0 Å². The standard InChI is InChI=1S/C16H24N2O3/c1-5-6-7-13(15(19)20)17-16(21)18(4)14-9-8-11(2)10-12(14)3/h8-10,13H,5-7H2,1-4H3,(H,17,21)(H,19,20)/t13-/m0/s1. The predicted octanol–water partition coefficient (Wildman–Crippen LogP) is 3.09. The van der Waals surface area contributed by atoms with Crippen LogP contribution < -0.4 is 10.2 Å². The molecule has 0 aromatic heterocycles. The van der Waals surface area contributed by atoms with E-state index in [1.165, 1.54) is 4.90 Å². The highest BCUT2D eigenvalue weighted by molar-refractivity contribution is 5.94. The van der Waals surface area contributed by atoms with Crippen molar-refractivity contribution in [2.75, 3.05) is 11.9 Å². The van der Waals surface area contributed by atoms with E-state index >= 15 is 0 Å². The number of anilines is 1. The molecule has 1 aromatic carbocycles. The van der Waals surface area contributed by atoms with Gasteiger partial charge in [-0.1, -0.05) is 37.5 Å². The van der Waals surface area contributed by atoms with Crippen LogP contribution in [0.15, 0.2) is 18.2 Å². The number of amides is 2. The number of benzene rings is 1. The number of aryl methyl sites for hydroxylation is 2. The Morgan fingerprint density at radius 2 is 2.00 bits per heavy atom. The van der Waals surface area contributed by atoms with Gasteiger partial charge in [0.05, 0.1) is 0 Å². The predicted molar refractivity (Wildman–Crippen MR) is 83.8 cm³/mol. The third-order valence-electron chi connectivity index (χ3n) is 3.46. The molecule has 21 heavy (non-hydrogen) atoms. The van der Waals surface area contributed by atoms with Crippen molar-refractivity contribution in [3.8, 4) is 0 Å². The zero-order valence-electron chi connectivity index (χ0n) is 13.1. The van der Waals surface area contributed by atoms with Crippen LogP contribution in [0.25, 0.3) is 0 Å². The molecular formula is C16H24N2O3. The fourth-order valence-electron chi connectivity index (χ4n) is 2.20. The van der Waals surface area contributed by atoms with Crippen molar-refractivity contribution in [2.24, 2.45) is 0 Å². The van der Waals surface area contributed by atoms with E-state index < -0.39 is 18.0 Å². The average Bonchev–Trinajstić information content (AvgIpc) is 2.42. The monoisotopic (exact) mass is 292 g/mol. The number of aliphatic carboxylic acids is 1. The summed E-state index contributed by atoms with van der Waals surface area (Å²) in [6.45, 7) is 5.91. The van der Waals surface area contributed by atoms with Crippen LogP contribution in [0.4, 0.5) is 10.5 Å². The number of carbonyl (C=O) groups excluding carboxylic acids is 1. The SMILES string of the molecule is CCCC[C@H](NC(=O)N(C)c1ccc(C)cc1C)C(=O)O. The largest absolute Gasteiger partial charge is 0.480 e. The molecule has 0 saturated heterocycles. The van der Waals surface area contributed by atoms with Crippen molar-refractivity contribution in [3.63, 3.8) is 0 Å². The Morgan fingerprint density at radius 1 is 1.33 bits per heavy atom. The van der Waals surface area contributed by atoms with Crippen molar-refractivity contribution in [2.45, 2.75) is 46.1 Å². The maximum Gasteiger partial charge on any atom is 0.326 e. The van der Waals surface area contributed by atoms with E-state index in [2.05, 4.69) is 5.32 Å². The van der Waals surface area contributed by atoms with Gasteiger partial charge in [-0.05, 0) is 31.9 Å². The lowest BCUT2D eigenvalue weighted by Crippen LogP contribution is -2.47. The summed E-state index contributed by atoms with van der Waals surface area (Å²) >= 11 is 0. The van der Waals surface area contributed by atoms with E-state index in [9.17, 15) is 9.59 Å². The molecule has 0 unspecified atom stereocenters. The van der Waals surface area contributed by atoms with Crippen molar-refractivity contribution in [3.05, 3.63) is 29.3 Å². The summed E-state index contributed by atoms with van der Waals surface area (Å²) in [5.74, 6) is -0.995. The van der Waals surface area contributed by atoms with E-state index in [4.69, 9.17) is 5.11 Å². The molecular weight excluding hydrogens is 268 g/mol. The maximum atomic E-state index is 12.2. The summed E-state index contributed by atoms with van der Waals surface area (Å²) in [6.07, 6.45) is 2.11. The van der Waals surface area contributed by atoms with Gasteiger partial charge in [-0.2, -0.15) is 0 Å². The van der Waals surface area contributed by atoms with Crippen LogP contribution in [-0.4, -0.2) is 30.2 Å². The molecule has 1 aromatic rings. The molecule has 1 atom stereocenters. The minimum Gasteiger partial charge on any atom is -0.480 e. The molecule has 0 aliphatic heterocycles. The smallest absolute Gasteiger partial charge is 0.326 e. The fourth-order valence-corrected chi connectivity index (χ4v) is 2.20. The molecule has 0 aliphatic carbocycles. The lowest BCUT2D eigenvalue weighted by Gasteiger charge is -2.23. The summed E-state index contributed by atoms with van der Waals surface area (Å²) in [6, 6.07) is 4.55. The Labute approximate surface area is 126 Å². The first-order valence-corrected chi connectivity index (χ1v) is 7.21. The van der Waals surface area contributed by atoms with E-state index in [-0.39, 0.29) is 0 Å². The molecule has 5 nitrogen and oxygen atoms in total. The molecule has 2 amide bonds. The summed E-state index contributed by atoms with van der Waals surface area (Å²) in [4.78, 5) is 24.8. The maximum absolute atomic E-state index is 12.2. The van der Waals surface area contributed by atoms with Crippen LogP contribution in [0, 0.1) is 13.8 Å². The van der Waals surface area contributed by atoms with E-state index in [1.54, 1.807) is 7.05 Å². The van der Waals surface area contributed by atoms with E-state index in [0.717, 1.165) is 29.7 Å². The number of urea groups is 1. The van der Waals surface area contributed by atoms with Gasteiger partial charge in [0.1, 0.15) is 6.04 Å². The highest BCUT2D eigenvalue weighted by atomic mass is 16.4. The molecule has 5 heteroatoms.